The van der Waals surface area contributed by atoms with Gasteiger partial charge in [-0.25, -0.2) is 4.79 Å². The third-order valence-electron chi connectivity index (χ3n) is 2.67. The first-order valence-electron chi connectivity index (χ1n) is 5.22. The van der Waals surface area contributed by atoms with E-state index in [1.54, 1.807) is 12.1 Å². The molecule has 1 heterocycles. The zero-order chi connectivity index (χ0) is 12.4. The van der Waals surface area contributed by atoms with E-state index in [9.17, 15) is 9.59 Å². The number of nitrogens with two attached hydrogens (primary N) is 1. The van der Waals surface area contributed by atoms with Crippen LogP contribution >= 0.6 is 0 Å². The molecular weight excluding hydrogens is 222 g/mol. The average Bonchev–Trinajstić information content (AvgIpc) is 2.29. The Morgan fingerprint density at radius 1 is 1.47 bits per heavy atom. The molecule has 0 spiro atoms. The standard InChI is InChI=1S/C11H13N3O3/c12-9-2-1-7(5-8(9)11(16)17)14-4-3-13-10(15)6-14/h1-2,5H,3-4,6,12H2,(H,13,15)(H,16,17). The summed E-state index contributed by atoms with van der Waals surface area (Å²) in [6.07, 6.45) is 0. The van der Waals surface area contributed by atoms with Crippen LogP contribution in [0.15, 0.2) is 18.2 Å². The molecule has 1 fully saturated rings. The summed E-state index contributed by atoms with van der Waals surface area (Å²) in [7, 11) is 0. The maximum absolute atomic E-state index is 11.2. The second-order valence-corrected chi connectivity index (χ2v) is 3.85. The quantitative estimate of drug-likeness (QED) is 0.622. The first kappa shape index (κ1) is 11.3. The highest BCUT2D eigenvalue weighted by atomic mass is 16.4. The topological polar surface area (TPSA) is 95.7 Å². The SMILES string of the molecule is Nc1ccc(N2CCNC(=O)C2)cc1C(=O)O. The predicted molar refractivity (Wildman–Crippen MR) is 63.0 cm³/mol. The first-order valence-corrected chi connectivity index (χ1v) is 5.22. The molecular formula is C11H13N3O3. The fourth-order valence-electron chi connectivity index (χ4n) is 1.79. The Morgan fingerprint density at radius 3 is 2.88 bits per heavy atom. The van der Waals surface area contributed by atoms with Crippen molar-refractivity contribution in [3.05, 3.63) is 23.8 Å². The molecule has 4 N–H and O–H groups in total. The fraction of sp³-hybridized carbons (Fsp3) is 0.273. The number of carbonyl (C=O) groups excluding carboxylic acids is 1. The van der Waals surface area contributed by atoms with Crippen molar-refractivity contribution in [2.45, 2.75) is 0 Å². The van der Waals surface area contributed by atoms with E-state index < -0.39 is 5.97 Å². The zero-order valence-electron chi connectivity index (χ0n) is 9.14. The summed E-state index contributed by atoms with van der Waals surface area (Å²) in [6, 6.07) is 4.77. The van der Waals surface area contributed by atoms with Gasteiger partial charge in [-0.1, -0.05) is 0 Å². The highest BCUT2D eigenvalue weighted by Gasteiger charge is 2.18. The third-order valence-corrected chi connectivity index (χ3v) is 2.67. The Kier molecular flexibility index (Phi) is 2.86. The van der Waals surface area contributed by atoms with E-state index >= 15 is 0 Å². The van der Waals surface area contributed by atoms with E-state index in [1.807, 2.05) is 4.90 Å². The van der Waals surface area contributed by atoms with Crippen molar-refractivity contribution in [3.8, 4) is 0 Å². The van der Waals surface area contributed by atoms with Crippen molar-refractivity contribution in [2.75, 3.05) is 30.3 Å². The average molecular weight is 235 g/mol. The molecule has 0 radical (unpaired) electrons. The van der Waals surface area contributed by atoms with E-state index in [-0.39, 0.29) is 23.7 Å². The van der Waals surface area contributed by atoms with E-state index in [4.69, 9.17) is 10.8 Å². The van der Waals surface area contributed by atoms with Crippen molar-refractivity contribution in [1.29, 1.82) is 0 Å². The normalized spacial score (nSPS) is 15.5. The molecule has 2 rings (SSSR count). The number of amides is 1. The Morgan fingerprint density at radius 2 is 2.24 bits per heavy atom. The van der Waals surface area contributed by atoms with Gasteiger partial charge in [-0.05, 0) is 18.2 Å². The van der Waals surface area contributed by atoms with Crippen LogP contribution in [0.2, 0.25) is 0 Å². The van der Waals surface area contributed by atoms with Crippen molar-refractivity contribution in [3.63, 3.8) is 0 Å². The zero-order valence-corrected chi connectivity index (χ0v) is 9.14. The molecule has 6 nitrogen and oxygen atoms in total. The van der Waals surface area contributed by atoms with Gasteiger partial charge < -0.3 is 21.1 Å². The van der Waals surface area contributed by atoms with Gasteiger partial charge in [0.1, 0.15) is 0 Å². The number of carboxylic acid groups (broad SMARTS) is 1. The Labute approximate surface area is 98.0 Å². The fourth-order valence-corrected chi connectivity index (χ4v) is 1.79. The van der Waals surface area contributed by atoms with Crippen LogP contribution in [0.3, 0.4) is 0 Å². The molecule has 1 aromatic rings. The Balaban J connectivity index is 2.29. The van der Waals surface area contributed by atoms with Gasteiger partial charge >= 0.3 is 5.97 Å². The predicted octanol–water partition coefficient (Wildman–Crippen LogP) is -0.0968. The molecule has 6 heteroatoms. The number of nitrogen functional groups attached to an aromatic ring is 1. The Bertz CT molecular complexity index is 473. The Hall–Kier alpha value is -2.24. The second-order valence-electron chi connectivity index (χ2n) is 3.85. The molecule has 0 atom stereocenters. The lowest BCUT2D eigenvalue weighted by molar-refractivity contribution is -0.120. The number of nitrogens with one attached hydrogen (secondary N) is 1. The molecule has 1 aliphatic heterocycles. The second kappa shape index (κ2) is 4.32. The van der Waals surface area contributed by atoms with Crippen LogP contribution < -0.4 is 16.0 Å². The smallest absolute Gasteiger partial charge is 0.337 e. The van der Waals surface area contributed by atoms with Gasteiger partial charge in [0.15, 0.2) is 0 Å². The van der Waals surface area contributed by atoms with E-state index in [0.29, 0.717) is 18.8 Å². The lowest BCUT2D eigenvalue weighted by Gasteiger charge is -2.28. The lowest BCUT2D eigenvalue weighted by atomic mass is 10.1. The lowest BCUT2D eigenvalue weighted by Crippen LogP contribution is -2.47. The van der Waals surface area contributed by atoms with Gasteiger partial charge in [0.2, 0.25) is 5.91 Å². The monoisotopic (exact) mass is 235 g/mol. The number of nitrogens with zero attached hydrogens (tertiary/aromatic N) is 1. The summed E-state index contributed by atoms with van der Waals surface area (Å²) in [5.74, 6) is -1.13. The van der Waals surface area contributed by atoms with Gasteiger partial charge in [-0.2, -0.15) is 0 Å². The van der Waals surface area contributed by atoms with Crippen LogP contribution in [-0.2, 0) is 4.79 Å². The summed E-state index contributed by atoms with van der Waals surface area (Å²) in [6.45, 7) is 1.46. The molecule has 0 saturated carbocycles. The van der Waals surface area contributed by atoms with E-state index in [2.05, 4.69) is 5.32 Å². The molecule has 1 aliphatic rings. The van der Waals surface area contributed by atoms with Crippen LogP contribution in [0.5, 0.6) is 0 Å². The molecule has 1 saturated heterocycles. The molecule has 0 aromatic heterocycles. The van der Waals surface area contributed by atoms with Crippen LogP contribution in [-0.4, -0.2) is 36.6 Å². The molecule has 0 unspecified atom stereocenters. The number of anilines is 2. The first-order chi connectivity index (χ1) is 8.08. The number of hydrogen-bond donors (Lipinski definition) is 3. The van der Waals surface area contributed by atoms with Gasteiger partial charge in [-0.15, -0.1) is 0 Å². The van der Waals surface area contributed by atoms with Crippen molar-refractivity contribution in [1.82, 2.24) is 5.32 Å². The molecule has 1 amide bonds. The minimum absolute atomic E-state index is 0.0634. The minimum atomic E-state index is -1.06. The van der Waals surface area contributed by atoms with E-state index in [1.165, 1.54) is 6.07 Å². The van der Waals surface area contributed by atoms with Crippen LogP contribution in [0, 0.1) is 0 Å². The number of hydrogen-bond acceptors (Lipinski definition) is 4. The van der Waals surface area contributed by atoms with Crippen LogP contribution in [0.25, 0.3) is 0 Å². The number of benzene rings is 1. The summed E-state index contributed by atoms with van der Waals surface area (Å²) in [5.41, 5.74) is 6.56. The van der Waals surface area contributed by atoms with Crippen LogP contribution in [0.4, 0.5) is 11.4 Å². The van der Waals surface area contributed by atoms with Crippen molar-refractivity contribution in [2.24, 2.45) is 0 Å². The third kappa shape index (κ3) is 2.30. The van der Waals surface area contributed by atoms with Gasteiger partial charge in [0.05, 0.1) is 12.1 Å². The molecule has 1 aromatic carbocycles. The summed E-state index contributed by atoms with van der Waals surface area (Å²) in [5, 5.41) is 11.7. The highest BCUT2D eigenvalue weighted by molar-refractivity contribution is 5.95. The molecule has 17 heavy (non-hydrogen) atoms. The van der Waals surface area contributed by atoms with Crippen molar-refractivity contribution >= 4 is 23.3 Å². The van der Waals surface area contributed by atoms with Gasteiger partial charge in [-0.3, -0.25) is 4.79 Å². The van der Waals surface area contributed by atoms with E-state index in [0.717, 1.165) is 0 Å². The largest absolute Gasteiger partial charge is 0.478 e. The number of aromatic carboxylic acids is 1. The van der Waals surface area contributed by atoms with Gasteiger partial charge in [0.25, 0.3) is 0 Å². The molecule has 0 aliphatic carbocycles. The molecule has 0 bridgehead atoms. The summed E-state index contributed by atoms with van der Waals surface area (Å²) in [4.78, 5) is 24.0. The highest BCUT2D eigenvalue weighted by Crippen LogP contribution is 2.21. The van der Waals surface area contributed by atoms with Gasteiger partial charge in [0, 0.05) is 24.5 Å². The number of rotatable bonds is 2. The maximum Gasteiger partial charge on any atom is 0.337 e. The number of piperazine rings is 1. The maximum atomic E-state index is 11.2. The molecule has 90 valence electrons. The number of carboxylic acids is 1. The summed E-state index contributed by atoms with van der Waals surface area (Å²) < 4.78 is 0. The van der Waals surface area contributed by atoms with Crippen molar-refractivity contribution < 1.29 is 14.7 Å². The number of carbonyl (C=O) groups is 2. The van der Waals surface area contributed by atoms with Crippen LogP contribution in [0.1, 0.15) is 10.4 Å². The minimum Gasteiger partial charge on any atom is -0.478 e. The summed E-state index contributed by atoms with van der Waals surface area (Å²) >= 11 is 0.